The van der Waals surface area contributed by atoms with E-state index in [9.17, 15) is 8.78 Å². The molecule has 0 aliphatic heterocycles. The first-order valence-corrected chi connectivity index (χ1v) is 7.44. The van der Waals surface area contributed by atoms with Gasteiger partial charge in [-0.25, -0.2) is 8.78 Å². The molecule has 3 unspecified atom stereocenters. The quantitative estimate of drug-likeness (QED) is 0.814. The molecule has 3 rings (SSSR count). The van der Waals surface area contributed by atoms with Crippen molar-refractivity contribution in [2.24, 2.45) is 11.8 Å². The first kappa shape index (κ1) is 12.9. The molecule has 1 aromatic carbocycles. The lowest BCUT2D eigenvalue weighted by Crippen LogP contribution is -2.34. The summed E-state index contributed by atoms with van der Waals surface area (Å²) in [6.45, 7) is 0. The van der Waals surface area contributed by atoms with E-state index in [4.69, 9.17) is 0 Å². The summed E-state index contributed by atoms with van der Waals surface area (Å²) in [6.07, 6.45) is 8.82. The summed E-state index contributed by atoms with van der Waals surface area (Å²) in [5, 5.41) is 3.21. The van der Waals surface area contributed by atoms with Crippen LogP contribution in [0, 0.1) is 23.5 Å². The Labute approximate surface area is 113 Å². The maximum atomic E-state index is 13.7. The highest BCUT2D eigenvalue weighted by Crippen LogP contribution is 2.41. The van der Waals surface area contributed by atoms with Gasteiger partial charge in [0.25, 0.3) is 0 Å². The molecule has 0 bridgehead atoms. The van der Waals surface area contributed by atoms with Crippen LogP contribution < -0.4 is 5.32 Å². The van der Waals surface area contributed by atoms with Crippen LogP contribution in [0.25, 0.3) is 0 Å². The van der Waals surface area contributed by atoms with Gasteiger partial charge in [0.2, 0.25) is 0 Å². The molecule has 3 atom stereocenters. The van der Waals surface area contributed by atoms with Crippen LogP contribution in [-0.2, 0) is 0 Å². The molecule has 2 fully saturated rings. The second-order valence-corrected chi connectivity index (χ2v) is 6.06. The minimum Gasteiger partial charge on any atom is -0.380 e. The van der Waals surface area contributed by atoms with Gasteiger partial charge in [0.1, 0.15) is 0 Å². The highest BCUT2D eigenvalue weighted by molar-refractivity contribution is 5.45. The Morgan fingerprint density at radius 3 is 2.58 bits per heavy atom. The van der Waals surface area contributed by atoms with Gasteiger partial charge in [-0.1, -0.05) is 31.7 Å². The summed E-state index contributed by atoms with van der Waals surface area (Å²) in [4.78, 5) is 0. The number of anilines is 1. The largest absolute Gasteiger partial charge is 0.380 e. The minimum atomic E-state index is -0.767. The van der Waals surface area contributed by atoms with Crippen LogP contribution in [-0.4, -0.2) is 6.04 Å². The predicted octanol–water partition coefficient (Wildman–Crippen LogP) is 4.74. The summed E-state index contributed by atoms with van der Waals surface area (Å²) in [6, 6.07) is 4.66. The molecule has 0 amide bonds. The van der Waals surface area contributed by atoms with Crippen LogP contribution in [0.15, 0.2) is 18.2 Å². The Hall–Kier alpha value is -1.12. The Balaban J connectivity index is 1.66. The molecule has 0 aromatic heterocycles. The molecule has 0 spiro atoms. The van der Waals surface area contributed by atoms with Gasteiger partial charge in [0.15, 0.2) is 11.6 Å². The molecule has 0 saturated heterocycles. The number of rotatable bonds is 2. The smallest absolute Gasteiger partial charge is 0.181 e. The van der Waals surface area contributed by atoms with Crippen LogP contribution in [0.5, 0.6) is 0 Å². The molecule has 2 saturated carbocycles. The molecule has 1 aromatic rings. The van der Waals surface area contributed by atoms with Gasteiger partial charge < -0.3 is 5.32 Å². The number of hydrogen-bond donors (Lipinski definition) is 1. The normalized spacial score (nSPS) is 30.7. The average molecular weight is 265 g/mol. The van der Waals surface area contributed by atoms with Crippen LogP contribution >= 0.6 is 0 Å². The zero-order valence-electron chi connectivity index (χ0n) is 11.2. The lowest BCUT2D eigenvalue weighted by atomic mass is 9.69. The predicted molar refractivity (Wildman–Crippen MR) is 73.1 cm³/mol. The first-order valence-electron chi connectivity index (χ1n) is 7.44. The topological polar surface area (TPSA) is 12.0 Å². The van der Waals surface area contributed by atoms with Crippen molar-refractivity contribution in [1.29, 1.82) is 0 Å². The molecular weight excluding hydrogens is 244 g/mol. The van der Waals surface area contributed by atoms with E-state index in [2.05, 4.69) is 5.32 Å². The fraction of sp³-hybridized carbons (Fsp3) is 0.625. The molecule has 0 heterocycles. The van der Waals surface area contributed by atoms with E-state index in [0.717, 1.165) is 24.7 Å². The van der Waals surface area contributed by atoms with Crippen molar-refractivity contribution in [3.63, 3.8) is 0 Å². The molecule has 2 aliphatic carbocycles. The van der Waals surface area contributed by atoms with Crippen molar-refractivity contribution in [3.05, 3.63) is 29.8 Å². The summed E-state index contributed by atoms with van der Waals surface area (Å²) in [5.41, 5.74) is 0.319. The third-order valence-electron chi connectivity index (χ3n) is 4.85. The van der Waals surface area contributed by atoms with E-state index < -0.39 is 11.6 Å². The van der Waals surface area contributed by atoms with E-state index in [-0.39, 0.29) is 0 Å². The average Bonchev–Trinajstić information content (AvgIpc) is 2.44. The maximum Gasteiger partial charge on any atom is 0.181 e. The van der Waals surface area contributed by atoms with Crippen molar-refractivity contribution >= 4 is 5.69 Å². The molecule has 104 valence electrons. The Morgan fingerprint density at radius 1 is 0.947 bits per heavy atom. The maximum absolute atomic E-state index is 13.7. The lowest BCUT2D eigenvalue weighted by molar-refractivity contribution is 0.162. The number of nitrogens with one attached hydrogen (secondary N) is 1. The van der Waals surface area contributed by atoms with E-state index in [0.29, 0.717) is 11.7 Å². The van der Waals surface area contributed by atoms with Crippen molar-refractivity contribution in [3.8, 4) is 0 Å². The molecule has 2 aliphatic rings. The van der Waals surface area contributed by atoms with E-state index >= 15 is 0 Å². The summed E-state index contributed by atoms with van der Waals surface area (Å²) >= 11 is 0. The van der Waals surface area contributed by atoms with Gasteiger partial charge >= 0.3 is 0 Å². The van der Waals surface area contributed by atoms with E-state index in [1.54, 1.807) is 12.1 Å². The summed E-state index contributed by atoms with van der Waals surface area (Å²) in [5.74, 6) is 0.158. The van der Waals surface area contributed by atoms with Gasteiger partial charge in [-0.15, -0.1) is 0 Å². The van der Waals surface area contributed by atoms with Crippen molar-refractivity contribution in [1.82, 2.24) is 0 Å². The van der Waals surface area contributed by atoms with Crippen LogP contribution in [0.1, 0.15) is 44.9 Å². The van der Waals surface area contributed by atoms with Gasteiger partial charge in [-0.2, -0.15) is 0 Å². The zero-order valence-corrected chi connectivity index (χ0v) is 11.2. The number of hydrogen-bond acceptors (Lipinski definition) is 1. The first-order chi connectivity index (χ1) is 9.24. The van der Waals surface area contributed by atoms with Crippen LogP contribution in [0.2, 0.25) is 0 Å². The Bertz CT molecular complexity index is 446. The van der Waals surface area contributed by atoms with Crippen molar-refractivity contribution < 1.29 is 8.78 Å². The van der Waals surface area contributed by atoms with E-state index in [1.807, 2.05) is 0 Å². The fourth-order valence-electron chi connectivity index (χ4n) is 3.84. The summed E-state index contributed by atoms with van der Waals surface area (Å²) in [7, 11) is 0. The van der Waals surface area contributed by atoms with Gasteiger partial charge in [0.05, 0.1) is 5.69 Å². The standard InChI is InChI=1S/C16H21F2N/c17-14-6-3-7-15(16(14)18)19-13-9-8-11-4-1-2-5-12(11)10-13/h3,6-7,11-13,19H,1-2,4-5,8-10H2. The highest BCUT2D eigenvalue weighted by atomic mass is 19.2. The zero-order chi connectivity index (χ0) is 13.2. The lowest BCUT2D eigenvalue weighted by Gasteiger charge is -2.39. The van der Waals surface area contributed by atoms with Crippen molar-refractivity contribution in [2.75, 3.05) is 5.32 Å². The third kappa shape index (κ3) is 2.75. The second kappa shape index (κ2) is 5.48. The molecule has 1 nitrogen and oxygen atoms in total. The minimum absolute atomic E-state index is 0.302. The summed E-state index contributed by atoms with van der Waals surface area (Å²) < 4.78 is 26.8. The van der Waals surface area contributed by atoms with Gasteiger partial charge in [0, 0.05) is 6.04 Å². The van der Waals surface area contributed by atoms with Crippen LogP contribution in [0.4, 0.5) is 14.5 Å². The van der Waals surface area contributed by atoms with Crippen molar-refractivity contribution in [2.45, 2.75) is 51.0 Å². The van der Waals surface area contributed by atoms with Crippen LogP contribution in [0.3, 0.4) is 0 Å². The van der Waals surface area contributed by atoms with Gasteiger partial charge in [-0.05, 0) is 43.2 Å². The van der Waals surface area contributed by atoms with Gasteiger partial charge in [-0.3, -0.25) is 0 Å². The molecule has 3 heteroatoms. The Kier molecular flexibility index (Phi) is 3.72. The molecule has 19 heavy (non-hydrogen) atoms. The Morgan fingerprint density at radius 2 is 1.74 bits per heavy atom. The fourth-order valence-corrected chi connectivity index (χ4v) is 3.84. The SMILES string of the molecule is Fc1cccc(NC2CCC3CCCCC3C2)c1F. The van der Waals surface area contributed by atoms with E-state index in [1.165, 1.54) is 38.2 Å². The molecule has 0 radical (unpaired) electrons. The second-order valence-electron chi connectivity index (χ2n) is 6.06. The monoisotopic (exact) mass is 265 g/mol. The number of fused-ring (bicyclic) bond motifs is 1. The molecular formula is C16H21F2N. The number of halogens is 2. The molecule has 1 N–H and O–H groups in total. The number of benzene rings is 1. The third-order valence-corrected chi connectivity index (χ3v) is 4.85. The highest BCUT2D eigenvalue weighted by Gasteiger charge is 2.32.